The topological polar surface area (TPSA) is 12.0 Å². The molecule has 1 heteroatoms. The van der Waals surface area contributed by atoms with Gasteiger partial charge in [-0.15, -0.1) is 0 Å². The molecule has 12 heavy (non-hydrogen) atoms. The van der Waals surface area contributed by atoms with Crippen LogP contribution in [0.1, 0.15) is 53.9 Å². The summed E-state index contributed by atoms with van der Waals surface area (Å²) in [5.74, 6) is 0. The second kappa shape index (κ2) is 3.02. The van der Waals surface area contributed by atoms with E-state index in [1.807, 2.05) is 0 Å². The van der Waals surface area contributed by atoms with Gasteiger partial charge in [-0.3, -0.25) is 0 Å². The van der Waals surface area contributed by atoms with Crippen LogP contribution in [0.4, 0.5) is 0 Å². The molecule has 0 radical (unpaired) electrons. The highest BCUT2D eigenvalue weighted by atomic mass is 15.0. The van der Waals surface area contributed by atoms with Gasteiger partial charge >= 0.3 is 0 Å². The number of hydrogen-bond donors (Lipinski definition) is 1. The Morgan fingerprint density at radius 2 is 1.83 bits per heavy atom. The Labute approximate surface area is 76.9 Å². The van der Waals surface area contributed by atoms with E-state index >= 15 is 0 Å². The van der Waals surface area contributed by atoms with E-state index in [1.165, 1.54) is 19.3 Å². The van der Waals surface area contributed by atoms with E-state index in [0.29, 0.717) is 5.41 Å². The van der Waals surface area contributed by atoms with Crippen LogP contribution in [-0.4, -0.2) is 11.6 Å². The Hall–Kier alpha value is -0.0400. The summed E-state index contributed by atoms with van der Waals surface area (Å²) in [4.78, 5) is 0. The van der Waals surface area contributed by atoms with Crippen LogP contribution in [0.2, 0.25) is 0 Å². The molecule has 0 aromatic rings. The van der Waals surface area contributed by atoms with Gasteiger partial charge in [0.1, 0.15) is 0 Å². The molecule has 1 fully saturated rings. The van der Waals surface area contributed by atoms with Crippen molar-refractivity contribution in [2.45, 2.75) is 65.5 Å². The van der Waals surface area contributed by atoms with Crippen molar-refractivity contribution in [1.82, 2.24) is 5.32 Å². The highest BCUT2D eigenvalue weighted by Crippen LogP contribution is 2.37. The molecule has 1 rings (SSSR count). The summed E-state index contributed by atoms with van der Waals surface area (Å²) >= 11 is 0. The van der Waals surface area contributed by atoms with Gasteiger partial charge < -0.3 is 5.32 Å². The Balaban J connectivity index is 2.39. The van der Waals surface area contributed by atoms with Crippen LogP contribution in [0, 0.1) is 5.41 Å². The molecule has 0 aliphatic heterocycles. The van der Waals surface area contributed by atoms with Gasteiger partial charge in [-0.1, -0.05) is 13.8 Å². The fourth-order valence-corrected chi connectivity index (χ4v) is 2.17. The lowest BCUT2D eigenvalue weighted by molar-refractivity contribution is 0.324. The molecule has 0 aromatic heterocycles. The van der Waals surface area contributed by atoms with Gasteiger partial charge in [-0.2, -0.15) is 0 Å². The SMILES string of the molecule is CC1(C)CCC(NC(C)(C)C)C1. The first-order chi connectivity index (χ1) is 5.29. The summed E-state index contributed by atoms with van der Waals surface area (Å²) in [6.45, 7) is 11.5. The molecular weight excluding hydrogens is 146 g/mol. The average molecular weight is 169 g/mol. The minimum absolute atomic E-state index is 0.283. The minimum atomic E-state index is 0.283. The van der Waals surface area contributed by atoms with Gasteiger partial charge in [0.25, 0.3) is 0 Å². The lowest BCUT2D eigenvalue weighted by atomic mass is 9.91. The van der Waals surface area contributed by atoms with E-state index < -0.39 is 0 Å². The van der Waals surface area contributed by atoms with E-state index in [-0.39, 0.29) is 5.54 Å². The predicted molar refractivity (Wildman–Crippen MR) is 54.3 cm³/mol. The maximum Gasteiger partial charge on any atom is 0.00991 e. The van der Waals surface area contributed by atoms with E-state index in [4.69, 9.17) is 0 Å². The quantitative estimate of drug-likeness (QED) is 0.636. The van der Waals surface area contributed by atoms with Crippen molar-refractivity contribution >= 4 is 0 Å². The Morgan fingerprint density at radius 1 is 1.25 bits per heavy atom. The van der Waals surface area contributed by atoms with Crippen LogP contribution in [0.5, 0.6) is 0 Å². The normalized spacial score (nSPS) is 29.2. The van der Waals surface area contributed by atoms with Gasteiger partial charge in [0.05, 0.1) is 0 Å². The van der Waals surface area contributed by atoms with Crippen LogP contribution < -0.4 is 5.32 Å². The van der Waals surface area contributed by atoms with Gasteiger partial charge in [-0.25, -0.2) is 0 Å². The first-order valence-corrected chi connectivity index (χ1v) is 5.06. The molecule has 0 aromatic carbocycles. The molecule has 0 saturated heterocycles. The molecule has 0 bridgehead atoms. The Bertz CT molecular complexity index is 153. The van der Waals surface area contributed by atoms with Crippen LogP contribution in [0.25, 0.3) is 0 Å². The third-order valence-electron chi connectivity index (χ3n) is 2.61. The largest absolute Gasteiger partial charge is 0.309 e. The molecule has 0 spiro atoms. The van der Waals surface area contributed by atoms with E-state index in [0.717, 1.165) is 6.04 Å². The predicted octanol–water partition coefficient (Wildman–Crippen LogP) is 2.95. The molecule has 0 amide bonds. The van der Waals surface area contributed by atoms with E-state index in [9.17, 15) is 0 Å². The molecular formula is C11H23N. The summed E-state index contributed by atoms with van der Waals surface area (Å²) in [5, 5.41) is 3.67. The molecule has 0 heterocycles. The third-order valence-corrected chi connectivity index (χ3v) is 2.61. The highest BCUT2D eigenvalue weighted by Gasteiger charge is 2.32. The second-order valence-electron chi connectivity index (χ2n) is 6.00. The molecule has 1 unspecified atom stereocenters. The van der Waals surface area contributed by atoms with Crippen molar-refractivity contribution in [2.24, 2.45) is 5.41 Å². The first-order valence-electron chi connectivity index (χ1n) is 5.06. The highest BCUT2D eigenvalue weighted by molar-refractivity contribution is 4.89. The van der Waals surface area contributed by atoms with Gasteiger partial charge in [0.15, 0.2) is 0 Å². The smallest absolute Gasteiger partial charge is 0.00991 e. The zero-order valence-corrected chi connectivity index (χ0v) is 9.20. The zero-order valence-electron chi connectivity index (χ0n) is 9.20. The molecule has 1 aliphatic carbocycles. The lowest BCUT2D eigenvalue weighted by Crippen LogP contribution is -2.42. The van der Waals surface area contributed by atoms with Gasteiger partial charge in [0, 0.05) is 11.6 Å². The van der Waals surface area contributed by atoms with Crippen molar-refractivity contribution < 1.29 is 0 Å². The summed E-state index contributed by atoms with van der Waals surface area (Å²) in [5.41, 5.74) is 0.855. The fraction of sp³-hybridized carbons (Fsp3) is 1.00. The summed E-state index contributed by atoms with van der Waals surface area (Å²) in [7, 11) is 0. The molecule has 1 N–H and O–H groups in total. The standard InChI is InChI=1S/C11H23N/c1-10(2,3)12-9-6-7-11(4,5)8-9/h9,12H,6-8H2,1-5H3. The zero-order chi connectivity index (χ0) is 9.41. The van der Waals surface area contributed by atoms with Crippen molar-refractivity contribution in [3.05, 3.63) is 0 Å². The summed E-state index contributed by atoms with van der Waals surface area (Å²) < 4.78 is 0. The maximum atomic E-state index is 3.67. The van der Waals surface area contributed by atoms with Crippen molar-refractivity contribution in [1.29, 1.82) is 0 Å². The lowest BCUT2D eigenvalue weighted by Gasteiger charge is -2.26. The number of rotatable bonds is 1. The summed E-state index contributed by atoms with van der Waals surface area (Å²) in [6, 6.07) is 0.750. The molecule has 1 saturated carbocycles. The maximum absolute atomic E-state index is 3.67. The number of hydrogen-bond acceptors (Lipinski definition) is 1. The fourth-order valence-electron chi connectivity index (χ4n) is 2.17. The monoisotopic (exact) mass is 169 g/mol. The second-order valence-corrected chi connectivity index (χ2v) is 6.00. The first kappa shape index (κ1) is 10.0. The Morgan fingerprint density at radius 3 is 2.17 bits per heavy atom. The molecule has 1 atom stereocenters. The van der Waals surface area contributed by atoms with Gasteiger partial charge in [0.2, 0.25) is 0 Å². The van der Waals surface area contributed by atoms with Crippen LogP contribution in [-0.2, 0) is 0 Å². The molecule has 1 aliphatic rings. The molecule has 72 valence electrons. The van der Waals surface area contributed by atoms with E-state index in [2.05, 4.69) is 39.9 Å². The van der Waals surface area contributed by atoms with Crippen LogP contribution in [0.3, 0.4) is 0 Å². The number of nitrogens with one attached hydrogen (secondary N) is 1. The van der Waals surface area contributed by atoms with E-state index in [1.54, 1.807) is 0 Å². The van der Waals surface area contributed by atoms with Crippen LogP contribution >= 0.6 is 0 Å². The summed E-state index contributed by atoms with van der Waals surface area (Å²) in [6.07, 6.45) is 4.06. The van der Waals surface area contributed by atoms with Crippen LogP contribution in [0.15, 0.2) is 0 Å². The van der Waals surface area contributed by atoms with Crippen molar-refractivity contribution in [2.75, 3.05) is 0 Å². The van der Waals surface area contributed by atoms with Crippen molar-refractivity contribution in [3.8, 4) is 0 Å². The molecule has 1 nitrogen and oxygen atoms in total. The average Bonchev–Trinajstić information content (AvgIpc) is 2.05. The third kappa shape index (κ3) is 3.14. The Kier molecular flexibility index (Phi) is 2.53. The van der Waals surface area contributed by atoms with Crippen molar-refractivity contribution in [3.63, 3.8) is 0 Å². The minimum Gasteiger partial charge on any atom is -0.309 e. The van der Waals surface area contributed by atoms with Gasteiger partial charge in [-0.05, 0) is 45.4 Å².